The van der Waals surface area contributed by atoms with Gasteiger partial charge in [0.1, 0.15) is 4.38 Å². The van der Waals surface area contributed by atoms with E-state index >= 15 is 0 Å². The van der Waals surface area contributed by atoms with Gasteiger partial charge in [0.25, 0.3) is 5.91 Å². The lowest BCUT2D eigenvalue weighted by atomic mass is 10.1. The Hall–Kier alpha value is -1.83. The maximum Gasteiger partial charge on any atom is 0.254 e. The summed E-state index contributed by atoms with van der Waals surface area (Å²) in [5, 5.41) is 0. The molecule has 4 rings (SSSR count). The summed E-state index contributed by atoms with van der Waals surface area (Å²) >= 11 is 3.56. The average molecular weight is 413 g/mol. The number of aliphatic imine (C=N–C) groups is 1. The molecule has 2 aromatic rings. The van der Waals surface area contributed by atoms with Gasteiger partial charge in [-0.2, -0.15) is 0 Å². The van der Waals surface area contributed by atoms with Crippen LogP contribution in [0.4, 0.5) is 0 Å². The van der Waals surface area contributed by atoms with Gasteiger partial charge in [0, 0.05) is 56.0 Å². The smallest absolute Gasteiger partial charge is 0.254 e. The molecule has 0 saturated carbocycles. The number of benzene rings is 1. The van der Waals surface area contributed by atoms with Gasteiger partial charge in [-0.25, -0.2) is 0 Å². The fourth-order valence-electron chi connectivity index (χ4n) is 3.40. The zero-order valence-corrected chi connectivity index (χ0v) is 17.4. The molecular formula is C21H24N4OS2. The molecule has 7 heteroatoms. The number of pyridine rings is 1. The van der Waals surface area contributed by atoms with Gasteiger partial charge in [-0.05, 0) is 23.8 Å². The van der Waals surface area contributed by atoms with Crippen LogP contribution in [0.15, 0.2) is 53.7 Å². The van der Waals surface area contributed by atoms with Crippen molar-refractivity contribution in [3.05, 3.63) is 65.5 Å². The van der Waals surface area contributed by atoms with Gasteiger partial charge < -0.3 is 4.90 Å². The highest BCUT2D eigenvalue weighted by Crippen LogP contribution is 2.27. The van der Waals surface area contributed by atoms with Crippen LogP contribution < -0.4 is 0 Å². The molecule has 0 spiro atoms. The molecule has 1 fully saturated rings. The molecule has 0 atom stereocenters. The Morgan fingerprint density at radius 1 is 1.07 bits per heavy atom. The summed E-state index contributed by atoms with van der Waals surface area (Å²) in [7, 11) is 0. The van der Waals surface area contributed by atoms with Crippen molar-refractivity contribution in [3.63, 3.8) is 0 Å². The van der Waals surface area contributed by atoms with Crippen LogP contribution in [0.1, 0.15) is 21.6 Å². The zero-order valence-electron chi connectivity index (χ0n) is 15.8. The van der Waals surface area contributed by atoms with Gasteiger partial charge in [-0.3, -0.25) is 19.7 Å². The highest BCUT2D eigenvalue weighted by atomic mass is 32.2. The van der Waals surface area contributed by atoms with Crippen LogP contribution in [0.5, 0.6) is 0 Å². The van der Waals surface area contributed by atoms with Crippen molar-refractivity contribution >= 4 is 33.8 Å². The number of rotatable bonds is 5. The highest BCUT2D eigenvalue weighted by Gasteiger charge is 2.24. The number of aromatic nitrogens is 1. The zero-order chi connectivity index (χ0) is 19.2. The number of carbonyl (C=O) groups is 1. The largest absolute Gasteiger partial charge is 0.336 e. The minimum Gasteiger partial charge on any atom is -0.336 e. The molecule has 2 aliphatic rings. The van der Waals surface area contributed by atoms with Gasteiger partial charge >= 0.3 is 0 Å². The average Bonchev–Trinajstić information content (AvgIpc) is 3.27. The second-order valence-corrected chi connectivity index (χ2v) is 9.14. The molecule has 5 nitrogen and oxygen atoms in total. The molecule has 0 bridgehead atoms. The van der Waals surface area contributed by atoms with Crippen LogP contribution in [0, 0.1) is 0 Å². The third kappa shape index (κ3) is 4.96. The van der Waals surface area contributed by atoms with Crippen molar-refractivity contribution in [3.8, 4) is 0 Å². The van der Waals surface area contributed by atoms with Gasteiger partial charge in [-0.1, -0.05) is 47.8 Å². The number of hydrogen-bond donors (Lipinski definition) is 0. The number of piperazine rings is 1. The van der Waals surface area contributed by atoms with E-state index in [1.165, 1.54) is 0 Å². The molecule has 0 N–H and O–H groups in total. The lowest BCUT2D eigenvalue weighted by Gasteiger charge is -2.34. The summed E-state index contributed by atoms with van der Waals surface area (Å²) in [6, 6.07) is 14.0. The van der Waals surface area contributed by atoms with Crippen molar-refractivity contribution in [1.82, 2.24) is 14.8 Å². The van der Waals surface area contributed by atoms with Gasteiger partial charge in [0.2, 0.25) is 0 Å². The van der Waals surface area contributed by atoms with Crippen LogP contribution >= 0.6 is 23.5 Å². The van der Waals surface area contributed by atoms with Crippen LogP contribution in [0.2, 0.25) is 0 Å². The SMILES string of the molecule is O=C(c1ccccc1CSC1=NCCS1)N1CCN(Cc2ccccn2)CC1. The molecule has 1 amide bonds. The van der Waals surface area contributed by atoms with E-state index in [2.05, 4.69) is 27.0 Å². The molecule has 0 unspecified atom stereocenters. The fraction of sp³-hybridized carbons (Fsp3) is 0.381. The molecule has 1 aromatic heterocycles. The lowest BCUT2D eigenvalue weighted by Crippen LogP contribution is -2.48. The summed E-state index contributed by atoms with van der Waals surface area (Å²) in [5.74, 6) is 2.02. The van der Waals surface area contributed by atoms with Crippen molar-refractivity contribution in [2.45, 2.75) is 12.3 Å². The number of nitrogens with zero attached hydrogens (tertiary/aromatic N) is 4. The first-order chi connectivity index (χ1) is 13.8. The van der Waals surface area contributed by atoms with E-state index in [0.717, 1.165) is 72.0 Å². The highest BCUT2D eigenvalue weighted by molar-refractivity contribution is 8.38. The van der Waals surface area contributed by atoms with E-state index in [1.54, 1.807) is 11.8 Å². The van der Waals surface area contributed by atoms with Crippen LogP contribution in [-0.2, 0) is 12.3 Å². The quantitative estimate of drug-likeness (QED) is 0.754. The van der Waals surface area contributed by atoms with Crippen molar-refractivity contribution in [1.29, 1.82) is 0 Å². The Morgan fingerprint density at radius 2 is 1.89 bits per heavy atom. The number of amides is 1. The Bertz CT molecular complexity index is 835. The molecule has 3 heterocycles. The fourth-order valence-corrected chi connectivity index (χ4v) is 5.41. The van der Waals surface area contributed by atoms with Crippen LogP contribution in [0.3, 0.4) is 0 Å². The lowest BCUT2D eigenvalue weighted by molar-refractivity contribution is 0.0626. The standard InChI is InChI=1S/C21H24N4OS2/c26-20(19-7-2-1-5-17(19)16-28-21-23-9-14-27-21)25-12-10-24(11-13-25)15-18-6-3-4-8-22-18/h1-8H,9-16H2. The maximum atomic E-state index is 13.1. The number of carbonyl (C=O) groups excluding carboxylic acids is 1. The Labute approximate surface area is 174 Å². The third-order valence-corrected chi connectivity index (χ3v) is 7.23. The predicted octanol–water partition coefficient (Wildman–Crippen LogP) is 3.38. The molecule has 28 heavy (non-hydrogen) atoms. The molecule has 2 aliphatic heterocycles. The first-order valence-corrected chi connectivity index (χ1v) is 11.6. The molecule has 1 aromatic carbocycles. The molecular weight excluding hydrogens is 388 g/mol. The first-order valence-electron chi connectivity index (χ1n) is 9.59. The molecule has 0 aliphatic carbocycles. The topological polar surface area (TPSA) is 48.8 Å². The van der Waals surface area contributed by atoms with Gasteiger partial charge in [0.15, 0.2) is 0 Å². The van der Waals surface area contributed by atoms with Gasteiger partial charge in [0.05, 0.1) is 12.2 Å². The summed E-state index contributed by atoms with van der Waals surface area (Å²) in [6.07, 6.45) is 1.83. The summed E-state index contributed by atoms with van der Waals surface area (Å²) in [4.78, 5) is 26.4. The molecule has 0 radical (unpaired) electrons. The predicted molar refractivity (Wildman–Crippen MR) is 118 cm³/mol. The second-order valence-electron chi connectivity index (χ2n) is 6.83. The van der Waals surface area contributed by atoms with E-state index in [1.807, 2.05) is 53.2 Å². The van der Waals surface area contributed by atoms with E-state index in [4.69, 9.17) is 0 Å². The third-order valence-electron chi connectivity index (χ3n) is 4.93. The number of thioether (sulfide) groups is 2. The Balaban J connectivity index is 1.35. The monoisotopic (exact) mass is 412 g/mol. The van der Waals surface area contributed by atoms with Crippen molar-refractivity contribution in [2.75, 3.05) is 38.5 Å². The number of hydrogen-bond acceptors (Lipinski definition) is 6. The summed E-state index contributed by atoms with van der Waals surface area (Å²) in [5.41, 5.74) is 3.01. The summed E-state index contributed by atoms with van der Waals surface area (Å²) in [6.45, 7) is 5.04. The van der Waals surface area contributed by atoms with E-state index in [-0.39, 0.29) is 5.91 Å². The second kappa shape index (κ2) is 9.58. The van der Waals surface area contributed by atoms with Crippen molar-refractivity contribution < 1.29 is 4.79 Å². The van der Waals surface area contributed by atoms with Crippen molar-refractivity contribution in [2.24, 2.45) is 4.99 Å². The van der Waals surface area contributed by atoms with Gasteiger partial charge in [-0.15, -0.1) is 0 Å². The van der Waals surface area contributed by atoms with E-state index in [9.17, 15) is 4.79 Å². The van der Waals surface area contributed by atoms with Crippen LogP contribution in [0.25, 0.3) is 0 Å². The van der Waals surface area contributed by atoms with E-state index < -0.39 is 0 Å². The minimum atomic E-state index is 0.148. The van der Waals surface area contributed by atoms with E-state index in [0.29, 0.717) is 0 Å². The minimum absolute atomic E-state index is 0.148. The normalized spacial score (nSPS) is 17.6. The first kappa shape index (κ1) is 19.5. The maximum absolute atomic E-state index is 13.1. The van der Waals surface area contributed by atoms with Crippen LogP contribution in [-0.4, -0.2) is 63.5 Å². The molecule has 146 valence electrons. The Kier molecular flexibility index (Phi) is 6.67. The molecule has 1 saturated heterocycles. The Morgan fingerprint density at radius 3 is 2.64 bits per heavy atom. The summed E-state index contributed by atoms with van der Waals surface area (Å²) < 4.78 is 1.14.